The number of carbonyl (C=O) groups is 2. The van der Waals surface area contributed by atoms with Gasteiger partial charge in [0.2, 0.25) is 0 Å². The van der Waals surface area contributed by atoms with Crippen LogP contribution in [0.25, 0.3) is 0 Å². The molecule has 28 heavy (non-hydrogen) atoms. The molecule has 0 saturated heterocycles. The Bertz CT molecular complexity index is 930. The minimum absolute atomic E-state index is 0.0387. The minimum Gasteiger partial charge on any atom is -0.497 e. The topological polar surface area (TPSA) is 117 Å². The smallest absolute Gasteiger partial charge is 0.341 e. The fourth-order valence-corrected chi connectivity index (χ4v) is 2.30. The number of anilines is 1. The Morgan fingerprint density at radius 1 is 1.18 bits per heavy atom. The number of benzene rings is 2. The maximum absolute atomic E-state index is 13.8. The molecule has 0 saturated carbocycles. The number of aryl methyl sites for hydroxylation is 1. The van der Waals surface area contributed by atoms with Crippen LogP contribution >= 0.6 is 0 Å². The number of nitrogens with zero attached hydrogens (tertiary/aromatic N) is 1. The second kappa shape index (κ2) is 8.80. The Labute approximate surface area is 159 Å². The van der Waals surface area contributed by atoms with E-state index in [-0.39, 0.29) is 28.4 Å². The highest BCUT2D eigenvalue weighted by Gasteiger charge is 2.19. The van der Waals surface area contributed by atoms with Gasteiger partial charge in [0.15, 0.2) is 12.4 Å². The molecule has 0 aliphatic rings. The van der Waals surface area contributed by atoms with Crippen molar-refractivity contribution in [2.24, 2.45) is 0 Å². The largest absolute Gasteiger partial charge is 0.497 e. The van der Waals surface area contributed by atoms with Crippen molar-refractivity contribution in [2.45, 2.75) is 6.92 Å². The van der Waals surface area contributed by atoms with Crippen LogP contribution in [-0.4, -0.2) is 37.6 Å². The van der Waals surface area contributed by atoms with Crippen LogP contribution in [-0.2, 0) is 9.53 Å². The van der Waals surface area contributed by atoms with Crippen LogP contribution in [0.5, 0.6) is 11.5 Å². The summed E-state index contributed by atoms with van der Waals surface area (Å²) < 4.78 is 28.4. The third kappa shape index (κ3) is 4.72. The molecule has 1 amide bonds. The van der Waals surface area contributed by atoms with Gasteiger partial charge in [-0.25, -0.2) is 9.18 Å². The third-order valence-electron chi connectivity index (χ3n) is 3.73. The molecule has 0 atom stereocenters. The van der Waals surface area contributed by atoms with Gasteiger partial charge in [-0.3, -0.25) is 14.9 Å². The lowest BCUT2D eigenvalue weighted by atomic mass is 10.1. The van der Waals surface area contributed by atoms with Crippen LogP contribution < -0.4 is 14.8 Å². The van der Waals surface area contributed by atoms with E-state index in [2.05, 4.69) is 5.32 Å². The summed E-state index contributed by atoms with van der Waals surface area (Å²) in [6.45, 7) is 0.879. The first kappa shape index (κ1) is 20.6. The van der Waals surface area contributed by atoms with Gasteiger partial charge in [0, 0.05) is 23.9 Å². The highest BCUT2D eigenvalue weighted by atomic mass is 19.1. The van der Waals surface area contributed by atoms with E-state index in [0.717, 1.165) is 6.07 Å². The van der Waals surface area contributed by atoms with Crippen molar-refractivity contribution in [3.05, 3.63) is 57.4 Å². The molecular formula is C18H17FN2O7. The lowest BCUT2D eigenvalue weighted by Gasteiger charge is -2.11. The lowest BCUT2D eigenvalue weighted by Crippen LogP contribution is -2.22. The summed E-state index contributed by atoms with van der Waals surface area (Å²) in [7, 11) is 2.61. The molecule has 0 aromatic heterocycles. The van der Waals surface area contributed by atoms with Gasteiger partial charge in [0.05, 0.1) is 24.7 Å². The van der Waals surface area contributed by atoms with E-state index in [0.29, 0.717) is 5.56 Å². The maximum atomic E-state index is 13.8. The molecule has 2 rings (SSSR count). The van der Waals surface area contributed by atoms with E-state index in [1.807, 2.05) is 0 Å². The summed E-state index contributed by atoms with van der Waals surface area (Å²) in [5, 5.41) is 13.4. The van der Waals surface area contributed by atoms with Gasteiger partial charge in [-0.1, -0.05) is 0 Å². The summed E-state index contributed by atoms with van der Waals surface area (Å²) >= 11 is 0. The standard InChI is InChI=1S/C18H17FN2O7/c1-10-6-15(21(24)25)16(27-3)8-14(10)20-17(22)9-28-18(23)12-5-4-11(26-2)7-13(12)19/h4-8H,9H2,1-3H3,(H,20,22). The molecule has 2 aromatic rings. The van der Waals surface area contributed by atoms with E-state index in [1.54, 1.807) is 6.92 Å². The van der Waals surface area contributed by atoms with Crippen molar-refractivity contribution in [3.63, 3.8) is 0 Å². The molecule has 0 fully saturated rings. The molecule has 0 unspecified atom stereocenters. The number of nitro benzene ring substituents is 1. The number of nitro groups is 1. The van der Waals surface area contributed by atoms with Crippen LogP contribution in [0.1, 0.15) is 15.9 Å². The highest BCUT2D eigenvalue weighted by molar-refractivity contribution is 5.96. The van der Waals surface area contributed by atoms with Crippen molar-refractivity contribution in [2.75, 3.05) is 26.1 Å². The normalized spacial score (nSPS) is 10.1. The molecule has 0 radical (unpaired) electrons. The number of hydrogen-bond acceptors (Lipinski definition) is 7. The molecule has 0 bridgehead atoms. The SMILES string of the molecule is COc1ccc(C(=O)OCC(=O)Nc2cc(OC)c([N+](=O)[O-])cc2C)c(F)c1. The van der Waals surface area contributed by atoms with Crippen LogP contribution in [0.2, 0.25) is 0 Å². The van der Waals surface area contributed by atoms with Crippen LogP contribution in [0.4, 0.5) is 15.8 Å². The Kier molecular flexibility index (Phi) is 6.48. The van der Waals surface area contributed by atoms with Crippen molar-refractivity contribution < 1.29 is 33.1 Å². The zero-order valence-corrected chi connectivity index (χ0v) is 15.3. The Hall–Kier alpha value is -3.69. The molecule has 2 aromatic carbocycles. The number of esters is 1. The van der Waals surface area contributed by atoms with Gasteiger partial charge in [-0.2, -0.15) is 0 Å². The van der Waals surface area contributed by atoms with Crippen molar-refractivity contribution >= 4 is 23.3 Å². The number of halogens is 1. The minimum atomic E-state index is -1.02. The first-order chi connectivity index (χ1) is 13.3. The number of rotatable bonds is 7. The van der Waals surface area contributed by atoms with E-state index in [1.165, 1.54) is 38.5 Å². The predicted molar refractivity (Wildman–Crippen MR) is 96.2 cm³/mol. The molecule has 0 spiro atoms. The number of carbonyl (C=O) groups excluding carboxylic acids is 2. The average Bonchev–Trinajstić information content (AvgIpc) is 2.66. The molecule has 1 N–H and O–H groups in total. The molecule has 9 nitrogen and oxygen atoms in total. The molecule has 0 heterocycles. The van der Waals surface area contributed by atoms with E-state index in [9.17, 15) is 24.1 Å². The third-order valence-corrected chi connectivity index (χ3v) is 3.73. The van der Waals surface area contributed by atoms with Crippen molar-refractivity contribution in [3.8, 4) is 11.5 Å². The first-order valence-electron chi connectivity index (χ1n) is 7.90. The predicted octanol–water partition coefficient (Wildman–Crippen LogP) is 2.86. The van der Waals surface area contributed by atoms with Crippen LogP contribution in [0.3, 0.4) is 0 Å². The molecule has 148 valence electrons. The van der Waals surface area contributed by atoms with Gasteiger partial charge in [0.1, 0.15) is 11.6 Å². The summed E-state index contributed by atoms with van der Waals surface area (Å²) in [4.78, 5) is 34.3. The number of hydrogen-bond donors (Lipinski definition) is 1. The number of nitrogens with one attached hydrogen (secondary N) is 1. The second-order valence-electron chi connectivity index (χ2n) is 5.57. The van der Waals surface area contributed by atoms with E-state index < -0.39 is 29.2 Å². The van der Waals surface area contributed by atoms with Gasteiger partial charge in [0.25, 0.3) is 5.91 Å². The number of amides is 1. The lowest BCUT2D eigenvalue weighted by molar-refractivity contribution is -0.385. The van der Waals surface area contributed by atoms with Gasteiger partial charge >= 0.3 is 11.7 Å². The highest BCUT2D eigenvalue weighted by Crippen LogP contribution is 2.32. The van der Waals surface area contributed by atoms with Crippen molar-refractivity contribution in [1.29, 1.82) is 0 Å². The van der Waals surface area contributed by atoms with E-state index >= 15 is 0 Å². The summed E-state index contributed by atoms with van der Waals surface area (Å²) in [6.07, 6.45) is 0. The average molecular weight is 392 g/mol. The van der Waals surface area contributed by atoms with E-state index in [4.69, 9.17) is 14.2 Å². The summed E-state index contributed by atoms with van der Waals surface area (Å²) in [5.74, 6) is -2.38. The van der Waals surface area contributed by atoms with Gasteiger partial charge in [-0.15, -0.1) is 0 Å². The fourth-order valence-electron chi connectivity index (χ4n) is 2.30. The van der Waals surface area contributed by atoms with Gasteiger partial charge < -0.3 is 19.5 Å². The molecule has 10 heteroatoms. The summed E-state index contributed by atoms with van der Waals surface area (Å²) in [5.41, 5.74) is 0.0636. The zero-order valence-electron chi connectivity index (χ0n) is 15.3. The molecular weight excluding hydrogens is 375 g/mol. The molecule has 0 aliphatic heterocycles. The molecule has 0 aliphatic carbocycles. The quantitative estimate of drug-likeness (QED) is 0.437. The number of ether oxygens (including phenoxy) is 3. The second-order valence-corrected chi connectivity index (χ2v) is 5.57. The maximum Gasteiger partial charge on any atom is 0.341 e. The monoisotopic (exact) mass is 392 g/mol. The van der Waals surface area contributed by atoms with Crippen molar-refractivity contribution in [1.82, 2.24) is 0 Å². The van der Waals surface area contributed by atoms with Gasteiger partial charge in [-0.05, 0) is 24.6 Å². The first-order valence-corrected chi connectivity index (χ1v) is 7.90. The van der Waals surface area contributed by atoms with Crippen LogP contribution in [0.15, 0.2) is 30.3 Å². The zero-order chi connectivity index (χ0) is 20.8. The Morgan fingerprint density at radius 3 is 2.46 bits per heavy atom. The van der Waals surface area contributed by atoms with Crippen LogP contribution in [0, 0.1) is 22.9 Å². The Morgan fingerprint density at radius 2 is 1.89 bits per heavy atom. The Balaban J connectivity index is 2.04. The summed E-state index contributed by atoms with van der Waals surface area (Å²) in [6, 6.07) is 6.11. The fraction of sp³-hybridized carbons (Fsp3) is 0.222. The number of methoxy groups -OCH3 is 2.